The first-order chi connectivity index (χ1) is 17.0. The second-order valence-electron chi connectivity index (χ2n) is 8.87. The lowest BCUT2D eigenvalue weighted by Crippen LogP contribution is -2.50. The van der Waals surface area contributed by atoms with Gasteiger partial charge < -0.3 is 15.2 Å². The SMILES string of the molecule is Cc1nc2cc(OCC(O)CN3CCN(CC(=O)Nc4cnc5ccccc5c4)CC3)ccc2s1. The number of thiazole rings is 1. The summed E-state index contributed by atoms with van der Waals surface area (Å²) >= 11 is 1.66. The number of nitrogens with zero attached hydrogens (tertiary/aromatic N) is 4. The average Bonchev–Trinajstić information content (AvgIpc) is 3.23. The van der Waals surface area contributed by atoms with Crippen LogP contribution in [0.25, 0.3) is 21.1 Å². The molecule has 0 bridgehead atoms. The van der Waals surface area contributed by atoms with Gasteiger partial charge in [-0.1, -0.05) is 18.2 Å². The Morgan fingerprint density at radius 1 is 1.11 bits per heavy atom. The van der Waals surface area contributed by atoms with Gasteiger partial charge in [-0.3, -0.25) is 19.6 Å². The number of nitrogens with one attached hydrogen (secondary N) is 1. The molecule has 0 saturated carbocycles. The lowest BCUT2D eigenvalue weighted by Gasteiger charge is -2.35. The van der Waals surface area contributed by atoms with E-state index in [1.54, 1.807) is 17.5 Å². The van der Waals surface area contributed by atoms with Crippen LogP contribution in [0.3, 0.4) is 0 Å². The second-order valence-corrected chi connectivity index (χ2v) is 10.1. The van der Waals surface area contributed by atoms with Gasteiger partial charge in [-0.25, -0.2) is 4.98 Å². The number of ether oxygens (including phenoxy) is 1. The number of aliphatic hydroxyl groups excluding tert-OH is 1. The molecule has 1 aliphatic rings. The molecule has 0 radical (unpaired) electrons. The summed E-state index contributed by atoms with van der Waals surface area (Å²) in [5, 5.41) is 15.4. The van der Waals surface area contributed by atoms with Crippen molar-refractivity contribution in [3.8, 4) is 5.75 Å². The van der Waals surface area contributed by atoms with E-state index in [0.29, 0.717) is 18.8 Å². The van der Waals surface area contributed by atoms with E-state index in [1.807, 2.05) is 55.5 Å². The molecule has 2 aromatic heterocycles. The Morgan fingerprint density at radius 3 is 2.77 bits per heavy atom. The first kappa shape index (κ1) is 23.6. The molecule has 1 unspecified atom stereocenters. The number of amides is 1. The van der Waals surface area contributed by atoms with Crippen molar-refractivity contribution in [2.75, 3.05) is 51.2 Å². The number of aliphatic hydroxyl groups is 1. The average molecular weight is 492 g/mol. The number of hydrogen-bond donors (Lipinski definition) is 2. The Balaban J connectivity index is 1.03. The third kappa shape index (κ3) is 6.12. The van der Waals surface area contributed by atoms with Crippen LogP contribution in [0.1, 0.15) is 5.01 Å². The van der Waals surface area contributed by atoms with Gasteiger partial charge in [0.15, 0.2) is 0 Å². The van der Waals surface area contributed by atoms with Gasteiger partial charge in [-0.2, -0.15) is 0 Å². The van der Waals surface area contributed by atoms with Gasteiger partial charge in [0.05, 0.1) is 39.2 Å². The monoisotopic (exact) mass is 491 g/mol. The van der Waals surface area contributed by atoms with E-state index in [2.05, 4.69) is 25.1 Å². The Morgan fingerprint density at radius 2 is 1.91 bits per heavy atom. The zero-order chi connectivity index (χ0) is 24.2. The Hall–Kier alpha value is -3.11. The van der Waals surface area contributed by atoms with Crippen LogP contribution in [0.15, 0.2) is 54.7 Å². The summed E-state index contributed by atoms with van der Waals surface area (Å²) in [5.74, 6) is 0.676. The molecule has 1 amide bonds. The highest BCUT2D eigenvalue weighted by Crippen LogP contribution is 2.25. The molecule has 1 saturated heterocycles. The van der Waals surface area contributed by atoms with Crippen molar-refractivity contribution in [3.05, 3.63) is 59.7 Å². The van der Waals surface area contributed by atoms with E-state index >= 15 is 0 Å². The fourth-order valence-electron chi connectivity index (χ4n) is 4.33. The number of aromatic nitrogens is 2. The molecule has 2 aromatic carbocycles. The summed E-state index contributed by atoms with van der Waals surface area (Å²) in [7, 11) is 0. The number of carbonyl (C=O) groups is 1. The van der Waals surface area contributed by atoms with Crippen molar-refractivity contribution < 1.29 is 14.6 Å². The summed E-state index contributed by atoms with van der Waals surface area (Å²) < 4.78 is 6.94. The van der Waals surface area contributed by atoms with Crippen molar-refractivity contribution in [2.24, 2.45) is 0 Å². The summed E-state index contributed by atoms with van der Waals surface area (Å²) in [5.41, 5.74) is 2.54. The number of aryl methyl sites for hydroxylation is 1. The number of β-amino-alcohol motifs (C(OH)–C–C–N with tert-alkyl or cyclic N) is 1. The smallest absolute Gasteiger partial charge is 0.238 e. The Labute approximate surface area is 208 Å². The van der Waals surface area contributed by atoms with Crippen LogP contribution in [0, 0.1) is 6.92 Å². The van der Waals surface area contributed by atoms with Crippen LogP contribution in [0.5, 0.6) is 5.75 Å². The van der Waals surface area contributed by atoms with E-state index in [4.69, 9.17) is 4.74 Å². The lowest BCUT2D eigenvalue weighted by atomic mass is 10.2. The summed E-state index contributed by atoms with van der Waals surface area (Å²) in [6, 6.07) is 15.6. The predicted molar refractivity (Wildman–Crippen MR) is 139 cm³/mol. The molecule has 0 aliphatic carbocycles. The highest BCUT2D eigenvalue weighted by atomic mass is 32.1. The third-order valence-corrected chi connectivity index (χ3v) is 7.04. The standard InChI is InChI=1S/C26H29N5O3S/c1-18-28-24-13-22(6-7-25(24)35-18)34-17-21(32)15-30-8-10-31(11-9-30)16-26(33)29-20-12-19-4-2-3-5-23(19)27-14-20/h2-7,12-14,21,32H,8-11,15-17H2,1H3,(H,29,33). The summed E-state index contributed by atoms with van der Waals surface area (Å²) in [4.78, 5) is 25.8. The minimum Gasteiger partial charge on any atom is -0.491 e. The Bertz CT molecular complexity index is 1320. The summed E-state index contributed by atoms with van der Waals surface area (Å²) in [6.45, 7) is 6.25. The maximum atomic E-state index is 12.5. The van der Waals surface area contributed by atoms with Gasteiger partial charge in [0, 0.05) is 44.2 Å². The van der Waals surface area contributed by atoms with Crippen LogP contribution in [-0.2, 0) is 4.79 Å². The molecule has 8 nitrogen and oxygen atoms in total. The molecule has 182 valence electrons. The molecule has 0 spiro atoms. The Kier molecular flexibility index (Phi) is 7.19. The van der Waals surface area contributed by atoms with Gasteiger partial charge in [-0.15, -0.1) is 11.3 Å². The van der Waals surface area contributed by atoms with Crippen molar-refractivity contribution in [1.82, 2.24) is 19.8 Å². The fraction of sp³-hybridized carbons (Fsp3) is 0.346. The van der Waals surface area contributed by atoms with Crippen LogP contribution in [-0.4, -0.2) is 82.8 Å². The molecule has 4 aromatic rings. The van der Waals surface area contributed by atoms with Gasteiger partial charge in [0.1, 0.15) is 18.5 Å². The molecule has 1 atom stereocenters. The number of carbonyl (C=O) groups excluding carboxylic acids is 1. The van der Waals surface area contributed by atoms with Crippen LogP contribution in [0.4, 0.5) is 5.69 Å². The topological polar surface area (TPSA) is 90.8 Å². The minimum atomic E-state index is -0.585. The van der Waals surface area contributed by atoms with E-state index in [9.17, 15) is 9.90 Å². The number of pyridine rings is 1. The van der Waals surface area contributed by atoms with Crippen molar-refractivity contribution in [2.45, 2.75) is 13.0 Å². The number of hydrogen-bond acceptors (Lipinski definition) is 8. The molecule has 9 heteroatoms. The third-order valence-electron chi connectivity index (χ3n) is 6.08. The van der Waals surface area contributed by atoms with Gasteiger partial charge >= 0.3 is 0 Å². The molecule has 2 N–H and O–H groups in total. The largest absolute Gasteiger partial charge is 0.491 e. The molecule has 35 heavy (non-hydrogen) atoms. The van der Waals surface area contributed by atoms with Crippen molar-refractivity contribution >= 4 is 44.1 Å². The number of anilines is 1. The quantitative estimate of drug-likeness (QED) is 0.391. The number of piperazine rings is 1. The van der Waals surface area contributed by atoms with Crippen LogP contribution < -0.4 is 10.1 Å². The molecule has 5 rings (SSSR count). The number of para-hydroxylation sites is 1. The van der Waals surface area contributed by atoms with E-state index in [-0.39, 0.29) is 12.5 Å². The highest BCUT2D eigenvalue weighted by Gasteiger charge is 2.21. The second kappa shape index (κ2) is 10.7. The van der Waals surface area contributed by atoms with E-state index < -0.39 is 6.10 Å². The van der Waals surface area contributed by atoms with E-state index in [1.165, 1.54) is 0 Å². The zero-order valence-corrected chi connectivity index (χ0v) is 20.5. The van der Waals surface area contributed by atoms with Crippen molar-refractivity contribution in [3.63, 3.8) is 0 Å². The van der Waals surface area contributed by atoms with Gasteiger partial charge in [-0.05, 0) is 31.2 Å². The van der Waals surface area contributed by atoms with Gasteiger partial charge in [0.2, 0.25) is 5.91 Å². The first-order valence-electron chi connectivity index (χ1n) is 11.8. The highest BCUT2D eigenvalue weighted by molar-refractivity contribution is 7.18. The summed E-state index contributed by atoms with van der Waals surface area (Å²) in [6.07, 6.45) is 1.11. The minimum absolute atomic E-state index is 0.0451. The number of rotatable bonds is 8. The fourth-order valence-corrected chi connectivity index (χ4v) is 5.14. The number of fused-ring (bicyclic) bond motifs is 2. The van der Waals surface area contributed by atoms with E-state index in [0.717, 1.165) is 58.1 Å². The molecule has 3 heterocycles. The maximum absolute atomic E-state index is 12.5. The molecular weight excluding hydrogens is 462 g/mol. The molecule has 1 aliphatic heterocycles. The predicted octanol–water partition coefficient (Wildman–Crippen LogP) is 3.15. The van der Waals surface area contributed by atoms with Crippen LogP contribution in [0.2, 0.25) is 0 Å². The first-order valence-corrected chi connectivity index (χ1v) is 12.6. The lowest BCUT2D eigenvalue weighted by molar-refractivity contribution is -0.117. The van der Waals surface area contributed by atoms with Gasteiger partial charge in [0.25, 0.3) is 0 Å². The zero-order valence-electron chi connectivity index (χ0n) is 19.7. The molecule has 1 fully saturated rings. The van der Waals surface area contributed by atoms with Crippen molar-refractivity contribution in [1.29, 1.82) is 0 Å². The normalized spacial score (nSPS) is 15.9. The number of benzene rings is 2. The van der Waals surface area contributed by atoms with Crippen LogP contribution >= 0.6 is 11.3 Å². The molecular formula is C26H29N5O3S. The maximum Gasteiger partial charge on any atom is 0.238 e.